The van der Waals surface area contributed by atoms with E-state index in [0.29, 0.717) is 25.5 Å². The summed E-state index contributed by atoms with van der Waals surface area (Å²) in [5.41, 5.74) is 0. The number of nitrogens with one attached hydrogen (secondary N) is 1. The molecular formula is C16H24N4O3. The number of hydrogen-bond acceptors (Lipinski definition) is 5. The average Bonchev–Trinajstić information content (AvgIpc) is 2.81. The van der Waals surface area contributed by atoms with Crippen molar-refractivity contribution in [3.8, 4) is 0 Å². The van der Waals surface area contributed by atoms with Crippen LogP contribution in [0.3, 0.4) is 0 Å². The number of hydrogen-bond donors (Lipinski definition) is 1. The molecule has 1 aliphatic heterocycles. The number of amides is 2. The molecule has 0 radical (unpaired) electrons. The van der Waals surface area contributed by atoms with E-state index >= 15 is 0 Å². The number of rotatable bonds is 5. The van der Waals surface area contributed by atoms with Gasteiger partial charge in [-0.1, -0.05) is 6.07 Å². The molecule has 1 N–H and O–H groups in total. The summed E-state index contributed by atoms with van der Waals surface area (Å²) in [7, 11) is 1.52. The van der Waals surface area contributed by atoms with Gasteiger partial charge in [-0.3, -0.25) is 14.5 Å². The lowest BCUT2D eigenvalue weighted by atomic mass is 10.2. The summed E-state index contributed by atoms with van der Waals surface area (Å²) in [6.45, 7) is 4.76. The van der Waals surface area contributed by atoms with Crippen molar-refractivity contribution in [2.24, 2.45) is 0 Å². The van der Waals surface area contributed by atoms with E-state index in [1.165, 1.54) is 7.11 Å². The normalized spacial score (nSPS) is 17.4. The molecule has 1 aromatic heterocycles. The molecule has 1 fully saturated rings. The zero-order chi connectivity index (χ0) is 16.7. The third kappa shape index (κ3) is 5.01. The molecule has 1 saturated heterocycles. The largest absolute Gasteiger partial charge is 0.375 e. The fraction of sp³-hybridized carbons (Fsp3) is 0.562. The highest BCUT2D eigenvalue weighted by molar-refractivity contribution is 5.93. The molecule has 7 heteroatoms. The molecule has 126 valence electrons. The van der Waals surface area contributed by atoms with Crippen LogP contribution in [0, 0.1) is 0 Å². The third-order valence-electron chi connectivity index (χ3n) is 3.99. The van der Waals surface area contributed by atoms with Crippen LogP contribution in [0.5, 0.6) is 0 Å². The zero-order valence-corrected chi connectivity index (χ0v) is 13.7. The first-order chi connectivity index (χ1) is 11.1. The fourth-order valence-corrected chi connectivity index (χ4v) is 2.62. The number of nitrogens with zero attached hydrogens (tertiary/aromatic N) is 3. The monoisotopic (exact) mass is 320 g/mol. The number of ether oxygens (including phenoxy) is 1. The third-order valence-corrected chi connectivity index (χ3v) is 3.99. The summed E-state index contributed by atoms with van der Waals surface area (Å²) in [5, 5.41) is 2.82. The minimum atomic E-state index is -0.269. The van der Waals surface area contributed by atoms with Crippen LogP contribution in [0.25, 0.3) is 0 Å². The zero-order valence-electron chi connectivity index (χ0n) is 13.7. The van der Waals surface area contributed by atoms with Crippen molar-refractivity contribution in [2.75, 3.05) is 45.2 Å². The SMILES string of the molecule is COCC(=O)N1CCCN([C@@H](C)C(=O)Nc2ccccn2)CC1. The van der Waals surface area contributed by atoms with Crippen molar-refractivity contribution in [3.63, 3.8) is 0 Å². The van der Waals surface area contributed by atoms with E-state index < -0.39 is 0 Å². The standard InChI is InChI=1S/C16H24N4O3/c1-13(16(22)18-14-6-3-4-7-17-14)19-8-5-9-20(11-10-19)15(21)12-23-2/h3-4,6-7,13H,5,8-12H2,1-2H3,(H,17,18,22)/t13-/m0/s1. The van der Waals surface area contributed by atoms with E-state index in [4.69, 9.17) is 4.74 Å². The first kappa shape index (κ1) is 17.4. The molecule has 0 unspecified atom stereocenters. The van der Waals surface area contributed by atoms with Gasteiger partial charge in [0.05, 0.1) is 6.04 Å². The van der Waals surface area contributed by atoms with Gasteiger partial charge in [-0.2, -0.15) is 0 Å². The Balaban J connectivity index is 1.88. The van der Waals surface area contributed by atoms with Crippen LogP contribution in [0.1, 0.15) is 13.3 Å². The summed E-state index contributed by atoms with van der Waals surface area (Å²) >= 11 is 0. The molecule has 0 spiro atoms. The Morgan fingerprint density at radius 3 is 2.83 bits per heavy atom. The highest BCUT2D eigenvalue weighted by atomic mass is 16.5. The lowest BCUT2D eigenvalue weighted by molar-refractivity contribution is -0.135. The van der Waals surface area contributed by atoms with Crippen LogP contribution in [0.2, 0.25) is 0 Å². The quantitative estimate of drug-likeness (QED) is 0.859. The Labute approximate surface area is 136 Å². The van der Waals surface area contributed by atoms with Crippen LogP contribution in [0.4, 0.5) is 5.82 Å². The molecule has 1 aromatic rings. The van der Waals surface area contributed by atoms with Gasteiger partial charge < -0.3 is 15.0 Å². The molecule has 0 aromatic carbocycles. The minimum Gasteiger partial charge on any atom is -0.375 e. The number of carbonyl (C=O) groups is 2. The molecule has 1 aliphatic rings. The van der Waals surface area contributed by atoms with Gasteiger partial charge in [-0.15, -0.1) is 0 Å². The Bertz CT molecular complexity index is 523. The summed E-state index contributed by atoms with van der Waals surface area (Å²) in [6, 6.07) is 5.13. The van der Waals surface area contributed by atoms with Gasteiger partial charge in [0, 0.05) is 39.5 Å². The lowest BCUT2D eigenvalue weighted by Crippen LogP contribution is -2.44. The first-order valence-corrected chi connectivity index (χ1v) is 7.84. The minimum absolute atomic E-state index is 0.0000554. The molecule has 23 heavy (non-hydrogen) atoms. The van der Waals surface area contributed by atoms with Crippen molar-refractivity contribution in [2.45, 2.75) is 19.4 Å². The van der Waals surface area contributed by atoms with Crippen molar-refractivity contribution in [3.05, 3.63) is 24.4 Å². The molecular weight excluding hydrogens is 296 g/mol. The fourth-order valence-electron chi connectivity index (χ4n) is 2.62. The van der Waals surface area contributed by atoms with Gasteiger partial charge >= 0.3 is 0 Å². The molecule has 0 saturated carbocycles. The molecule has 2 rings (SSSR count). The van der Waals surface area contributed by atoms with Crippen molar-refractivity contribution >= 4 is 17.6 Å². The number of methoxy groups -OCH3 is 1. The Morgan fingerprint density at radius 2 is 2.13 bits per heavy atom. The maximum atomic E-state index is 12.3. The molecule has 0 aliphatic carbocycles. The second kappa shape index (κ2) is 8.59. The van der Waals surface area contributed by atoms with E-state index in [1.807, 2.05) is 13.0 Å². The van der Waals surface area contributed by atoms with Gasteiger partial charge in [-0.05, 0) is 25.5 Å². The summed E-state index contributed by atoms with van der Waals surface area (Å²) in [6.07, 6.45) is 2.49. The van der Waals surface area contributed by atoms with E-state index in [2.05, 4.69) is 15.2 Å². The molecule has 0 bridgehead atoms. The second-order valence-electron chi connectivity index (χ2n) is 5.58. The van der Waals surface area contributed by atoms with E-state index in [9.17, 15) is 9.59 Å². The van der Waals surface area contributed by atoms with Gasteiger partial charge in [0.25, 0.3) is 0 Å². The summed E-state index contributed by atoms with van der Waals surface area (Å²) in [4.78, 5) is 32.2. The topological polar surface area (TPSA) is 74.8 Å². The Morgan fingerprint density at radius 1 is 1.30 bits per heavy atom. The van der Waals surface area contributed by atoms with Gasteiger partial charge in [-0.25, -0.2) is 4.98 Å². The molecule has 1 atom stereocenters. The van der Waals surface area contributed by atoms with Crippen molar-refractivity contribution in [1.29, 1.82) is 0 Å². The second-order valence-corrected chi connectivity index (χ2v) is 5.58. The number of carbonyl (C=O) groups excluding carboxylic acids is 2. The number of anilines is 1. The van der Waals surface area contributed by atoms with Gasteiger partial charge in [0.2, 0.25) is 11.8 Å². The van der Waals surface area contributed by atoms with Crippen molar-refractivity contribution in [1.82, 2.24) is 14.8 Å². The highest BCUT2D eigenvalue weighted by Gasteiger charge is 2.25. The van der Waals surface area contributed by atoms with Crippen LogP contribution in [-0.4, -0.2) is 72.5 Å². The van der Waals surface area contributed by atoms with Crippen LogP contribution >= 0.6 is 0 Å². The number of pyridine rings is 1. The first-order valence-electron chi connectivity index (χ1n) is 7.84. The maximum Gasteiger partial charge on any atom is 0.248 e. The molecule has 2 heterocycles. The Kier molecular flexibility index (Phi) is 6.49. The molecule has 2 amide bonds. The van der Waals surface area contributed by atoms with Gasteiger partial charge in [0.15, 0.2) is 0 Å². The molecule has 7 nitrogen and oxygen atoms in total. The van der Waals surface area contributed by atoms with Crippen LogP contribution in [0.15, 0.2) is 24.4 Å². The van der Waals surface area contributed by atoms with Crippen molar-refractivity contribution < 1.29 is 14.3 Å². The van der Waals surface area contributed by atoms with E-state index in [0.717, 1.165) is 13.0 Å². The predicted molar refractivity (Wildman–Crippen MR) is 87.0 cm³/mol. The van der Waals surface area contributed by atoms with Crippen LogP contribution in [-0.2, 0) is 14.3 Å². The predicted octanol–water partition coefficient (Wildman–Crippen LogP) is 0.589. The van der Waals surface area contributed by atoms with Gasteiger partial charge in [0.1, 0.15) is 12.4 Å². The Hall–Kier alpha value is -1.99. The average molecular weight is 320 g/mol. The summed E-state index contributed by atoms with van der Waals surface area (Å²) in [5.74, 6) is 0.469. The van der Waals surface area contributed by atoms with E-state index in [-0.39, 0.29) is 24.5 Å². The lowest BCUT2D eigenvalue weighted by Gasteiger charge is -2.26. The smallest absolute Gasteiger partial charge is 0.248 e. The van der Waals surface area contributed by atoms with E-state index in [1.54, 1.807) is 23.2 Å². The number of aromatic nitrogens is 1. The maximum absolute atomic E-state index is 12.3. The summed E-state index contributed by atoms with van der Waals surface area (Å²) < 4.78 is 4.90. The van der Waals surface area contributed by atoms with Crippen LogP contribution < -0.4 is 5.32 Å². The highest BCUT2D eigenvalue weighted by Crippen LogP contribution is 2.10.